The number of hydrogen-bond donors (Lipinski definition) is 1. The fraction of sp³-hybridized carbons (Fsp3) is 0.333. The smallest absolute Gasteiger partial charge is 0.227 e. The average molecular weight is 162 g/mol. The molecule has 0 bridgehead atoms. The Labute approximate surface area is 70.8 Å². The third-order valence-corrected chi connectivity index (χ3v) is 2.10. The van der Waals surface area contributed by atoms with Crippen LogP contribution in [-0.2, 0) is 11.2 Å². The van der Waals surface area contributed by atoms with Gasteiger partial charge in [0, 0.05) is 18.5 Å². The molecule has 1 atom stereocenters. The minimum atomic E-state index is 0.0485. The molecule has 0 saturated heterocycles. The Morgan fingerprint density at radius 1 is 1.67 bits per heavy atom. The zero-order valence-electron chi connectivity index (χ0n) is 6.87. The fourth-order valence-electron chi connectivity index (χ4n) is 1.35. The highest BCUT2D eigenvalue weighted by Crippen LogP contribution is 2.22. The van der Waals surface area contributed by atoms with Crippen molar-refractivity contribution in [1.82, 2.24) is 4.98 Å². The number of nitrogens with zero attached hydrogens (tertiary/aromatic N) is 1. The minimum absolute atomic E-state index is 0.0485. The predicted molar refractivity (Wildman–Crippen MR) is 45.7 cm³/mol. The maximum Gasteiger partial charge on any atom is 0.227 e. The molecule has 0 radical (unpaired) electrons. The van der Waals surface area contributed by atoms with Gasteiger partial charge in [-0.15, -0.1) is 0 Å². The van der Waals surface area contributed by atoms with Crippen LogP contribution >= 0.6 is 0 Å². The lowest BCUT2D eigenvalue weighted by Crippen LogP contribution is -2.28. The lowest BCUT2D eigenvalue weighted by atomic mass is 9.99. The second-order valence-electron chi connectivity index (χ2n) is 3.09. The van der Waals surface area contributed by atoms with E-state index in [0.29, 0.717) is 0 Å². The van der Waals surface area contributed by atoms with Gasteiger partial charge in [0.25, 0.3) is 0 Å². The standard InChI is InChI=1S/C9H10N2O/c1-6-5-8-7(11-9(6)12)3-2-4-10-8/h2-4,6H,5H2,1H3,(H,11,12). The van der Waals surface area contributed by atoms with E-state index in [-0.39, 0.29) is 11.8 Å². The summed E-state index contributed by atoms with van der Waals surface area (Å²) in [6, 6.07) is 3.71. The Balaban J connectivity index is 2.40. The van der Waals surface area contributed by atoms with Crippen LogP contribution in [-0.4, -0.2) is 10.9 Å². The highest BCUT2D eigenvalue weighted by atomic mass is 16.1. The molecule has 0 aromatic carbocycles. The van der Waals surface area contributed by atoms with Gasteiger partial charge in [0.2, 0.25) is 5.91 Å². The van der Waals surface area contributed by atoms with E-state index >= 15 is 0 Å². The summed E-state index contributed by atoms with van der Waals surface area (Å²) in [5, 5.41) is 2.81. The van der Waals surface area contributed by atoms with Crippen LogP contribution in [0, 0.1) is 5.92 Å². The molecule has 1 aromatic rings. The molecule has 1 unspecified atom stereocenters. The molecule has 1 N–H and O–H groups in total. The van der Waals surface area contributed by atoms with Gasteiger partial charge in [0.15, 0.2) is 0 Å². The summed E-state index contributed by atoms with van der Waals surface area (Å²) >= 11 is 0. The number of anilines is 1. The van der Waals surface area contributed by atoms with Gasteiger partial charge >= 0.3 is 0 Å². The molecule has 1 aromatic heterocycles. The van der Waals surface area contributed by atoms with Gasteiger partial charge in [-0.05, 0) is 12.1 Å². The Bertz CT molecular complexity index is 322. The van der Waals surface area contributed by atoms with Crippen LogP contribution in [0.1, 0.15) is 12.6 Å². The third kappa shape index (κ3) is 1.07. The Hall–Kier alpha value is -1.38. The van der Waals surface area contributed by atoms with Crippen LogP contribution in [0.25, 0.3) is 0 Å². The van der Waals surface area contributed by atoms with Gasteiger partial charge in [-0.1, -0.05) is 6.92 Å². The number of hydrogen-bond acceptors (Lipinski definition) is 2. The fourth-order valence-corrected chi connectivity index (χ4v) is 1.35. The highest BCUT2D eigenvalue weighted by Gasteiger charge is 2.22. The topological polar surface area (TPSA) is 42.0 Å². The first-order chi connectivity index (χ1) is 5.77. The van der Waals surface area contributed by atoms with E-state index in [1.54, 1.807) is 6.20 Å². The van der Waals surface area contributed by atoms with Crippen LogP contribution in [0.2, 0.25) is 0 Å². The largest absolute Gasteiger partial charge is 0.324 e. The van der Waals surface area contributed by atoms with Gasteiger partial charge in [-0.25, -0.2) is 0 Å². The first-order valence-corrected chi connectivity index (χ1v) is 4.02. The number of pyridine rings is 1. The number of carbonyl (C=O) groups excluding carboxylic acids is 1. The van der Waals surface area contributed by atoms with E-state index in [0.717, 1.165) is 17.8 Å². The molecule has 3 nitrogen and oxygen atoms in total. The summed E-state index contributed by atoms with van der Waals surface area (Å²) in [5.41, 5.74) is 1.85. The first kappa shape index (κ1) is 7.28. The zero-order valence-corrected chi connectivity index (χ0v) is 6.87. The Morgan fingerprint density at radius 2 is 2.50 bits per heavy atom. The van der Waals surface area contributed by atoms with Crippen molar-refractivity contribution in [2.75, 3.05) is 5.32 Å². The van der Waals surface area contributed by atoms with Crippen molar-refractivity contribution >= 4 is 11.6 Å². The zero-order chi connectivity index (χ0) is 8.55. The first-order valence-electron chi connectivity index (χ1n) is 4.02. The quantitative estimate of drug-likeness (QED) is 0.623. The normalized spacial score (nSPS) is 21.4. The van der Waals surface area contributed by atoms with E-state index in [2.05, 4.69) is 10.3 Å². The van der Waals surface area contributed by atoms with Crippen molar-refractivity contribution in [1.29, 1.82) is 0 Å². The van der Waals surface area contributed by atoms with Crippen molar-refractivity contribution in [2.24, 2.45) is 5.92 Å². The summed E-state index contributed by atoms with van der Waals surface area (Å²) in [4.78, 5) is 15.4. The van der Waals surface area contributed by atoms with Crippen molar-refractivity contribution in [2.45, 2.75) is 13.3 Å². The van der Waals surface area contributed by atoms with Crippen LogP contribution in [0.15, 0.2) is 18.3 Å². The highest BCUT2D eigenvalue weighted by molar-refractivity contribution is 5.94. The molecular formula is C9H10N2O. The number of carbonyl (C=O) groups is 1. The van der Waals surface area contributed by atoms with Crippen LogP contribution in [0.3, 0.4) is 0 Å². The third-order valence-electron chi connectivity index (χ3n) is 2.10. The SMILES string of the molecule is CC1Cc2ncccc2NC1=O. The molecule has 0 aliphatic carbocycles. The number of rotatable bonds is 0. The van der Waals surface area contributed by atoms with Crippen LogP contribution in [0.5, 0.6) is 0 Å². The van der Waals surface area contributed by atoms with Gasteiger partial charge < -0.3 is 5.32 Å². The second-order valence-corrected chi connectivity index (χ2v) is 3.09. The number of fused-ring (bicyclic) bond motifs is 1. The Kier molecular flexibility index (Phi) is 1.57. The minimum Gasteiger partial charge on any atom is -0.324 e. The van der Waals surface area contributed by atoms with E-state index in [4.69, 9.17) is 0 Å². The lowest BCUT2D eigenvalue weighted by molar-refractivity contribution is -0.119. The average Bonchev–Trinajstić information content (AvgIpc) is 2.07. The summed E-state index contributed by atoms with van der Waals surface area (Å²) in [7, 11) is 0. The number of nitrogens with one attached hydrogen (secondary N) is 1. The van der Waals surface area contributed by atoms with Crippen LogP contribution in [0.4, 0.5) is 5.69 Å². The Morgan fingerprint density at radius 3 is 3.33 bits per heavy atom. The van der Waals surface area contributed by atoms with Gasteiger partial charge in [-0.2, -0.15) is 0 Å². The molecule has 2 heterocycles. The molecule has 1 aliphatic heterocycles. The molecule has 3 heteroatoms. The maximum absolute atomic E-state index is 11.2. The van der Waals surface area contributed by atoms with Gasteiger partial charge in [-0.3, -0.25) is 9.78 Å². The summed E-state index contributed by atoms with van der Waals surface area (Å²) < 4.78 is 0. The van der Waals surface area contributed by atoms with Crippen molar-refractivity contribution in [3.63, 3.8) is 0 Å². The number of amides is 1. The summed E-state index contributed by atoms with van der Waals surface area (Å²) in [6.45, 7) is 1.91. The molecule has 0 spiro atoms. The molecular weight excluding hydrogens is 152 g/mol. The summed E-state index contributed by atoms with van der Waals surface area (Å²) in [5.74, 6) is 0.142. The van der Waals surface area contributed by atoms with Crippen LogP contribution < -0.4 is 5.32 Å². The molecule has 62 valence electrons. The maximum atomic E-state index is 11.2. The van der Waals surface area contributed by atoms with Gasteiger partial charge in [0.1, 0.15) is 0 Å². The predicted octanol–water partition coefficient (Wildman–Crippen LogP) is 1.21. The second kappa shape index (κ2) is 2.59. The van der Waals surface area contributed by atoms with Gasteiger partial charge in [0.05, 0.1) is 11.4 Å². The van der Waals surface area contributed by atoms with E-state index in [1.165, 1.54) is 0 Å². The monoisotopic (exact) mass is 162 g/mol. The van der Waals surface area contributed by atoms with Crippen molar-refractivity contribution in [3.8, 4) is 0 Å². The van der Waals surface area contributed by atoms with Crippen molar-refractivity contribution in [3.05, 3.63) is 24.0 Å². The molecule has 0 saturated carbocycles. The molecule has 0 fully saturated rings. The molecule has 2 rings (SSSR count). The van der Waals surface area contributed by atoms with E-state index in [1.807, 2.05) is 19.1 Å². The lowest BCUT2D eigenvalue weighted by Gasteiger charge is -2.20. The van der Waals surface area contributed by atoms with E-state index in [9.17, 15) is 4.79 Å². The summed E-state index contributed by atoms with van der Waals surface area (Å²) in [6.07, 6.45) is 2.50. The number of aromatic nitrogens is 1. The molecule has 1 amide bonds. The van der Waals surface area contributed by atoms with Crippen molar-refractivity contribution < 1.29 is 4.79 Å². The molecule has 12 heavy (non-hydrogen) atoms. The molecule has 1 aliphatic rings. The van der Waals surface area contributed by atoms with E-state index < -0.39 is 0 Å².